The van der Waals surface area contributed by atoms with Gasteiger partial charge in [0.05, 0.1) is 11.4 Å². The second kappa shape index (κ2) is 7.69. The number of carbonyl (C=O) groups excluding carboxylic acids is 1. The van der Waals surface area contributed by atoms with Crippen LogP contribution in [-0.4, -0.2) is 15.6 Å². The maximum Gasteiger partial charge on any atom is 0.137 e. The molecule has 0 bridgehead atoms. The van der Waals surface area contributed by atoms with Crippen LogP contribution < -0.4 is 0 Å². The van der Waals surface area contributed by atoms with E-state index in [4.69, 9.17) is 0 Å². The summed E-state index contributed by atoms with van der Waals surface area (Å²) in [5.41, 5.74) is 7.92. The highest BCUT2D eigenvalue weighted by Gasteiger charge is 2.16. The van der Waals surface area contributed by atoms with Crippen LogP contribution >= 0.6 is 0 Å². The minimum atomic E-state index is 0.268. The lowest BCUT2D eigenvalue weighted by Gasteiger charge is -2.08. The van der Waals surface area contributed by atoms with Crippen LogP contribution in [0.1, 0.15) is 40.1 Å². The molecule has 2 aromatic carbocycles. The van der Waals surface area contributed by atoms with Crippen LogP contribution in [0.15, 0.2) is 48.5 Å². The SMILES string of the molecule is Cc1cccc(CCC(=O)Cc2c(C)nn(-c3ccccc3)c2C)c1C. The van der Waals surface area contributed by atoms with Gasteiger partial charge >= 0.3 is 0 Å². The molecule has 0 aliphatic carbocycles. The van der Waals surface area contributed by atoms with Gasteiger partial charge in [-0.3, -0.25) is 4.79 Å². The molecule has 0 saturated carbocycles. The van der Waals surface area contributed by atoms with Crippen molar-refractivity contribution in [1.29, 1.82) is 0 Å². The van der Waals surface area contributed by atoms with E-state index in [0.717, 1.165) is 29.1 Å². The summed E-state index contributed by atoms with van der Waals surface area (Å²) in [6.45, 7) is 8.28. The van der Waals surface area contributed by atoms with Gasteiger partial charge in [0.1, 0.15) is 5.78 Å². The molecular weight excluding hydrogens is 320 g/mol. The molecule has 0 fully saturated rings. The molecule has 0 aliphatic heterocycles. The van der Waals surface area contributed by atoms with E-state index in [1.165, 1.54) is 16.7 Å². The molecule has 26 heavy (non-hydrogen) atoms. The van der Waals surface area contributed by atoms with E-state index in [9.17, 15) is 4.79 Å². The Balaban J connectivity index is 1.72. The van der Waals surface area contributed by atoms with Crippen LogP contribution in [0.25, 0.3) is 5.69 Å². The Kier molecular flexibility index (Phi) is 5.36. The molecule has 3 heteroatoms. The summed E-state index contributed by atoms with van der Waals surface area (Å²) in [5, 5.41) is 4.64. The Morgan fingerprint density at radius 3 is 2.42 bits per heavy atom. The number of ketones is 1. The van der Waals surface area contributed by atoms with Crippen LogP contribution in [0.3, 0.4) is 0 Å². The van der Waals surface area contributed by atoms with Crippen molar-refractivity contribution >= 4 is 5.78 Å². The number of aryl methyl sites for hydroxylation is 3. The van der Waals surface area contributed by atoms with Crippen molar-refractivity contribution in [1.82, 2.24) is 9.78 Å². The largest absolute Gasteiger partial charge is 0.299 e. The highest BCUT2D eigenvalue weighted by atomic mass is 16.1. The van der Waals surface area contributed by atoms with Gasteiger partial charge in [0.15, 0.2) is 0 Å². The standard InChI is InChI=1S/C23H26N2O/c1-16-9-8-10-20(17(16)2)13-14-22(26)15-23-18(3)24-25(19(23)4)21-11-6-5-7-12-21/h5-12H,13-15H2,1-4H3. The second-order valence-corrected chi connectivity index (χ2v) is 6.97. The van der Waals surface area contributed by atoms with Crippen LogP contribution in [0.2, 0.25) is 0 Å². The first-order valence-electron chi connectivity index (χ1n) is 9.14. The zero-order chi connectivity index (χ0) is 18.7. The number of nitrogens with zero attached hydrogens (tertiary/aromatic N) is 2. The van der Waals surface area contributed by atoms with E-state index >= 15 is 0 Å². The summed E-state index contributed by atoms with van der Waals surface area (Å²) < 4.78 is 1.93. The molecule has 0 amide bonds. The summed E-state index contributed by atoms with van der Waals surface area (Å²) in [5.74, 6) is 0.268. The smallest absolute Gasteiger partial charge is 0.137 e. The maximum atomic E-state index is 12.6. The van der Waals surface area contributed by atoms with Gasteiger partial charge in [0.2, 0.25) is 0 Å². The fourth-order valence-corrected chi connectivity index (χ4v) is 3.39. The molecule has 1 heterocycles. The molecule has 3 aromatic rings. The topological polar surface area (TPSA) is 34.9 Å². The first-order valence-corrected chi connectivity index (χ1v) is 9.14. The van der Waals surface area contributed by atoms with Crippen LogP contribution in [0, 0.1) is 27.7 Å². The summed E-state index contributed by atoms with van der Waals surface area (Å²) in [4.78, 5) is 12.6. The highest BCUT2D eigenvalue weighted by Crippen LogP contribution is 2.20. The Labute approximate surface area is 155 Å². The van der Waals surface area contributed by atoms with Crippen LogP contribution in [0.5, 0.6) is 0 Å². The monoisotopic (exact) mass is 346 g/mol. The van der Waals surface area contributed by atoms with Crippen molar-refractivity contribution in [3.05, 3.63) is 82.2 Å². The highest BCUT2D eigenvalue weighted by molar-refractivity contribution is 5.81. The Bertz CT molecular complexity index is 923. The Morgan fingerprint density at radius 1 is 0.962 bits per heavy atom. The number of para-hydroxylation sites is 1. The third kappa shape index (κ3) is 3.77. The molecule has 0 atom stereocenters. The average molecular weight is 346 g/mol. The van der Waals surface area contributed by atoms with Crippen molar-refractivity contribution in [3.8, 4) is 5.69 Å². The zero-order valence-corrected chi connectivity index (χ0v) is 16.0. The molecule has 3 nitrogen and oxygen atoms in total. The molecule has 0 radical (unpaired) electrons. The van der Waals surface area contributed by atoms with E-state index < -0.39 is 0 Å². The number of aromatic nitrogens is 2. The van der Waals surface area contributed by atoms with E-state index in [0.29, 0.717) is 12.8 Å². The van der Waals surface area contributed by atoms with Crippen molar-refractivity contribution in [2.45, 2.75) is 47.0 Å². The molecule has 3 rings (SSSR count). The van der Waals surface area contributed by atoms with Gasteiger partial charge in [-0.2, -0.15) is 5.10 Å². The predicted molar refractivity (Wildman–Crippen MR) is 106 cm³/mol. The first kappa shape index (κ1) is 18.1. The predicted octanol–water partition coefficient (Wildman–Crippen LogP) is 4.85. The van der Waals surface area contributed by atoms with Crippen LogP contribution in [-0.2, 0) is 17.6 Å². The van der Waals surface area contributed by atoms with E-state index in [1.807, 2.05) is 48.9 Å². The lowest BCUT2D eigenvalue weighted by molar-refractivity contribution is -0.118. The summed E-state index contributed by atoms with van der Waals surface area (Å²) in [7, 11) is 0. The summed E-state index contributed by atoms with van der Waals surface area (Å²) in [6, 6.07) is 16.4. The zero-order valence-electron chi connectivity index (χ0n) is 16.0. The first-order chi connectivity index (χ1) is 12.5. The molecule has 134 valence electrons. The van der Waals surface area contributed by atoms with E-state index in [2.05, 4.69) is 37.1 Å². The quantitative estimate of drug-likeness (QED) is 0.639. The second-order valence-electron chi connectivity index (χ2n) is 6.97. The normalized spacial score (nSPS) is 10.9. The number of benzene rings is 2. The molecule has 0 unspecified atom stereocenters. The molecule has 0 aliphatic rings. The van der Waals surface area contributed by atoms with Crippen molar-refractivity contribution in [3.63, 3.8) is 0 Å². The van der Waals surface area contributed by atoms with E-state index in [-0.39, 0.29) is 5.78 Å². The molecule has 1 aromatic heterocycles. The Hall–Kier alpha value is -2.68. The van der Waals surface area contributed by atoms with Crippen LogP contribution in [0.4, 0.5) is 0 Å². The number of Topliss-reactive ketones (excluding diaryl/α,β-unsaturated/α-hetero) is 1. The van der Waals surface area contributed by atoms with Gasteiger partial charge < -0.3 is 0 Å². The number of rotatable bonds is 6. The number of carbonyl (C=O) groups is 1. The van der Waals surface area contributed by atoms with Gasteiger partial charge in [-0.1, -0.05) is 36.4 Å². The minimum absolute atomic E-state index is 0.268. The fraction of sp³-hybridized carbons (Fsp3) is 0.304. The molecule has 0 N–H and O–H groups in total. The summed E-state index contributed by atoms with van der Waals surface area (Å²) in [6.07, 6.45) is 1.83. The third-order valence-electron chi connectivity index (χ3n) is 5.21. The maximum absolute atomic E-state index is 12.6. The van der Waals surface area contributed by atoms with Crippen molar-refractivity contribution < 1.29 is 4.79 Å². The van der Waals surface area contributed by atoms with Gasteiger partial charge in [0, 0.05) is 24.1 Å². The van der Waals surface area contributed by atoms with Crippen molar-refractivity contribution in [2.75, 3.05) is 0 Å². The Morgan fingerprint density at radius 2 is 1.69 bits per heavy atom. The summed E-state index contributed by atoms with van der Waals surface area (Å²) >= 11 is 0. The van der Waals surface area contributed by atoms with E-state index in [1.54, 1.807) is 0 Å². The lowest BCUT2D eigenvalue weighted by atomic mass is 9.97. The molecule has 0 spiro atoms. The average Bonchev–Trinajstić information content (AvgIpc) is 2.92. The van der Waals surface area contributed by atoms with Gasteiger partial charge in [0.25, 0.3) is 0 Å². The molecular formula is C23H26N2O. The van der Waals surface area contributed by atoms with Gasteiger partial charge in [-0.15, -0.1) is 0 Å². The number of hydrogen-bond acceptors (Lipinski definition) is 2. The molecule has 0 saturated heterocycles. The minimum Gasteiger partial charge on any atom is -0.299 e. The van der Waals surface area contributed by atoms with Gasteiger partial charge in [-0.05, 0) is 62.9 Å². The van der Waals surface area contributed by atoms with Gasteiger partial charge in [-0.25, -0.2) is 4.68 Å². The number of hydrogen-bond donors (Lipinski definition) is 0. The lowest BCUT2D eigenvalue weighted by Crippen LogP contribution is -2.07. The third-order valence-corrected chi connectivity index (χ3v) is 5.21. The van der Waals surface area contributed by atoms with Crippen molar-refractivity contribution in [2.24, 2.45) is 0 Å². The fourth-order valence-electron chi connectivity index (χ4n) is 3.39.